The Hall–Kier alpha value is -1.45. The molecule has 1 atom stereocenters. The maximum absolute atomic E-state index is 13.8. The SMILES string of the molecule is CCNC(Cc1ccc(Cl)cc1)c1ccncc1F. The Labute approximate surface area is 117 Å². The van der Waals surface area contributed by atoms with Gasteiger partial charge in [0.05, 0.1) is 6.20 Å². The van der Waals surface area contributed by atoms with Crippen molar-refractivity contribution >= 4 is 11.6 Å². The lowest BCUT2D eigenvalue weighted by molar-refractivity contribution is 0.507. The summed E-state index contributed by atoms with van der Waals surface area (Å²) in [6.45, 7) is 2.79. The molecule has 0 saturated heterocycles. The average molecular weight is 279 g/mol. The van der Waals surface area contributed by atoms with Crippen LogP contribution in [-0.4, -0.2) is 11.5 Å². The van der Waals surface area contributed by atoms with Gasteiger partial charge in [-0.3, -0.25) is 4.98 Å². The number of halogens is 2. The standard InChI is InChI=1S/C15H16ClFN2/c1-2-19-15(13-7-8-18-10-14(13)17)9-11-3-5-12(16)6-4-11/h3-8,10,15,19H,2,9H2,1H3. The third-order valence-electron chi connectivity index (χ3n) is 2.98. The topological polar surface area (TPSA) is 24.9 Å². The van der Waals surface area contributed by atoms with E-state index in [1.165, 1.54) is 6.20 Å². The number of nitrogens with one attached hydrogen (secondary N) is 1. The van der Waals surface area contributed by atoms with Gasteiger partial charge >= 0.3 is 0 Å². The van der Waals surface area contributed by atoms with Gasteiger partial charge in [0.2, 0.25) is 0 Å². The fraction of sp³-hybridized carbons (Fsp3) is 0.267. The van der Waals surface area contributed by atoms with E-state index in [0.717, 1.165) is 12.1 Å². The number of aromatic nitrogens is 1. The number of rotatable bonds is 5. The van der Waals surface area contributed by atoms with E-state index < -0.39 is 0 Å². The fourth-order valence-corrected chi connectivity index (χ4v) is 2.19. The molecule has 0 aliphatic heterocycles. The Morgan fingerprint density at radius 3 is 2.63 bits per heavy atom. The first-order chi connectivity index (χ1) is 9.20. The molecule has 0 bridgehead atoms. The second kappa shape index (κ2) is 6.64. The Morgan fingerprint density at radius 2 is 2.00 bits per heavy atom. The van der Waals surface area contributed by atoms with Gasteiger partial charge in [0, 0.05) is 22.8 Å². The van der Waals surface area contributed by atoms with Crippen molar-refractivity contribution in [1.82, 2.24) is 10.3 Å². The highest BCUT2D eigenvalue weighted by Gasteiger charge is 2.15. The maximum atomic E-state index is 13.8. The van der Waals surface area contributed by atoms with Crippen molar-refractivity contribution in [3.8, 4) is 0 Å². The summed E-state index contributed by atoms with van der Waals surface area (Å²) < 4.78 is 13.8. The summed E-state index contributed by atoms with van der Waals surface area (Å²) in [5, 5.41) is 4.01. The molecule has 1 heterocycles. The molecule has 0 radical (unpaired) electrons. The number of benzene rings is 1. The van der Waals surface area contributed by atoms with Gasteiger partial charge in [-0.2, -0.15) is 0 Å². The molecule has 0 fully saturated rings. The lowest BCUT2D eigenvalue weighted by Crippen LogP contribution is -2.24. The molecule has 1 aromatic carbocycles. The number of hydrogen-bond acceptors (Lipinski definition) is 2. The zero-order chi connectivity index (χ0) is 13.7. The normalized spacial score (nSPS) is 12.4. The molecule has 1 unspecified atom stereocenters. The van der Waals surface area contributed by atoms with E-state index >= 15 is 0 Å². The minimum absolute atomic E-state index is 0.0609. The minimum Gasteiger partial charge on any atom is -0.310 e. The average Bonchev–Trinajstić information content (AvgIpc) is 2.41. The second-order valence-corrected chi connectivity index (χ2v) is 4.77. The highest BCUT2D eigenvalue weighted by molar-refractivity contribution is 6.30. The van der Waals surface area contributed by atoms with E-state index in [2.05, 4.69) is 10.3 Å². The fourth-order valence-electron chi connectivity index (χ4n) is 2.06. The zero-order valence-electron chi connectivity index (χ0n) is 10.7. The van der Waals surface area contributed by atoms with Crippen LogP contribution < -0.4 is 5.32 Å². The first-order valence-corrected chi connectivity index (χ1v) is 6.65. The first kappa shape index (κ1) is 14.0. The van der Waals surface area contributed by atoms with Crippen LogP contribution in [0.4, 0.5) is 4.39 Å². The molecule has 4 heteroatoms. The van der Waals surface area contributed by atoms with Crippen molar-refractivity contribution < 1.29 is 4.39 Å². The van der Waals surface area contributed by atoms with Gasteiger partial charge in [0.1, 0.15) is 5.82 Å². The van der Waals surface area contributed by atoms with Crippen LogP contribution in [-0.2, 0) is 6.42 Å². The molecule has 0 spiro atoms. The molecule has 0 aliphatic rings. The highest BCUT2D eigenvalue weighted by Crippen LogP contribution is 2.21. The van der Waals surface area contributed by atoms with Gasteiger partial charge in [-0.1, -0.05) is 30.7 Å². The van der Waals surface area contributed by atoms with Crippen molar-refractivity contribution in [2.45, 2.75) is 19.4 Å². The van der Waals surface area contributed by atoms with E-state index in [1.807, 2.05) is 31.2 Å². The van der Waals surface area contributed by atoms with Gasteiger partial charge in [0.25, 0.3) is 0 Å². The van der Waals surface area contributed by atoms with Gasteiger partial charge < -0.3 is 5.32 Å². The van der Waals surface area contributed by atoms with Crippen molar-refractivity contribution in [2.24, 2.45) is 0 Å². The van der Waals surface area contributed by atoms with Crippen LogP contribution in [0.25, 0.3) is 0 Å². The summed E-state index contributed by atoms with van der Waals surface area (Å²) in [4.78, 5) is 3.79. The van der Waals surface area contributed by atoms with Crippen molar-refractivity contribution in [1.29, 1.82) is 0 Å². The van der Waals surface area contributed by atoms with Crippen LogP contribution >= 0.6 is 11.6 Å². The quantitative estimate of drug-likeness (QED) is 0.901. The predicted molar refractivity (Wildman–Crippen MR) is 75.8 cm³/mol. The molecule has 2 rings (SSSR count). The summed E-state index contributed by atoms with van der Waals surface area (Å²) in [5.74, 6) is -0.276. The lowest BCUT2D eigenvalue weighted by Gasteiger charge is -2.19. The number of hydrogen-bond donors (Lipinski definition) is 1. The summed E-state index contributed by atoms with van der Waals surface area (Å²) in [7, 11) is 0. The molecule has 100 valence electrons. The first-order valence-electron chi connectivity index (χ1n) is 6.28. The van der Waals surface area contributed by atoms with E-state index in [-0.39, 0.29) is 11.9 Å². The summed E-state index contributed by atoms with van der Waals surface area (Å²) in [6.07, 6.45) is 3.58. The third kappa shape index (κ3) is 3.75. The van der Waals surface area contributed by atoms with Crippen LogP contribution in [0.15, 0.2) is 42.7 Å². The summed E-state index contributed by atoms with van der Waals surface area (Å²) in [6, 6.07) is 9.29. The molecule has 2 nitrogen and oxygen atoms in total. The molecule has 19 heavy (non-hydrogen) atoms. The van der Waals surface area contributed by atoms with E-state index in [9.17, 15) is 4.39 Å². The van der Waals surface area contributed by atoms with E-state index in [0.29, 0.717) is 17.0 Å². The number of nitrogens with zero attached hydrogens (tertiary/aromatic N) is 1. The largest absolute Gasteiger partial charge is 0.310 e. The number of pyridine rings is 1. The van der Waals surface area contributed by atoms with Crippen LogP contribution in [0, 0.1) is 5.82 Å². The van der Waals surface area contributed by atoms with Crippen LogP contribution in [0.2, 0.25) is 5.02 Å². The maximum Gasteiger partial charge on any atom is 0.146 e. The molecule has 0 amide bonds. The molecule has 2 aromatic rings. The molecule has 0 aliphatic carbocycles. The Balaban J connectivity index is 2.21. The lowest BCUT2D eigenvalue weighted by atomic mass is 9.99. The molecular weight excluding hydrogens is 263 g/mol. The smallest absolute Gasteiger partial charge is 0.146 e. The van der Waals surface area contributed by atoms with Crippen molar-refractivity contribution in [3.05, 3.63) is 64.7 Å². The minimum atomic E-state index is -0.276. The summed E-state index contributed by atoms with van der Waals surface area (Å²) in [5.41, 5.74) is 1.76. The monoisotopic (exact) mass is 278 g/mol. The third-order valence-corrected chi connectivity index (χ3v) is 3.23. The molecular formula is C15H16ClFN2. The van der Waals surface area contributed by atoms with Gasteiger partial charge in [-0.15, -0.1) is 0 Å². The second-order valence-electron chi connectivity index (χ2n) is 4.34. The van der Waals surface area contributed by atoms with Gasteiger partial charge in [-0.25, -0.2) is 4.39 Å². The molecule has 1 aromatic heterocycles. The highest BCUT2D eigenvalue weighted by atomic mass is 35.5. The van der Waals surface area contributed by atoms with Crippen LogP contribution in [0.1, 0.15) is 24.1 Å². The van der Waals surface area contributed by atoms with Crippen LogP contribution in [0.3, 0.4) is 0 Å². The van der Waals surface area contributed by atoms with Gasteiger partial charge in [-0.05, 0) is 36.7 Å². The number of likely N-dealkylation sites (N-methyl/N-ethyl adjacent to an activating group) is 1. The van der Waals surface area contributed by atoms with Gasteiger partial charge in [0.15, 0.2) is 0 Å². The predicted octanol–water partition coefficient (Wildman–Crippen LogP) is 3.77. The van der Waals surface area contributed by atoms with E-state index in [1.54, 1.807) is 12.3 Å². The Bertz CT molecular complexity index is 528. The van der Waals surface area contributed by atoms with Crippen molar-refractivity contribution in [3.63, 3.8) is 0 Å². The molecule has 1 N–H and O–H groups in total. The van der Waals surface area contributed by atoms with Crippen molar-refractivity contribution in [2.75, 3.05) is 6.54 Å². The molecule has 0 saturated carbocycles. The zero-order valence-corrected chi connectivity index (χ0v) is 11.5. The van der Waals surface area contributed by atoms with Crippen LogP contribution in [0.5, 0.6) is 0 Å². The summed E-state index contributed by atoms with van der Waals surface area (Å²) >= 11 is 5.87. The van der Waals surface area contributed by atoms with E-state index in [4.69, 9.17) is 11.6 Å². The Morgan fingerprint density at radius 1 is 1.26 bits per heavy atom. The Kier molecular flexibility index (Phi) is 4.88.